The first kappa shape index (κ1) is 15.3. The number of ether oxygens (including phenoxy) is 1. The highest BCUT2D eigenvalue weighted by atomic mass is 35.5. The molecule has 1 unspecified atom stereocenters. The minimum absolute atomic E-state index is 0.553. The summed E-state index contributed by atoms with van der Waals surface area (Å²) < 4.78 is 5.21. The molecule has 0 aromatic heterocycles. The lowest BCUT2D eigenvalue weighted by atomic mass is 10.1. The van der Waals surface area contributed by atoms with Crippen LogP contribution in [-0.4, -0.2) is 31.2 Å². The zero-order valence-corrected chi connectivity index (χ0v) is 12.9. The zero-order chi connectivity index (χ0) is 14.5. The smallest absolute Gasteiger partial charge is 0.0992 e. The molecule has 0 saturated heterocycles. The van der Waals surface area contributed by atoms with E-state index < -0.39 is 0 Å². The molecule has 0 radical (unpaired) electrons. The lowest BCUT2D eigenvalue weighted by Crippen LogP contribution is -2.36. The number of methoxy groups -OCH3 is 1. The maximum absolute atomic E-state index is 8.88. The van der Waals surface area contributed by atoms with Crippen LogP contribution < -0.4 is 0 Å². The maximum atomic E-state index is 8.88. The molecule has 1 saturated carbocycles. The van der Waals surface area contributed by atoms with E-state index in [1.165, 1.54) is 12.8 Å². The Morgan fingerprint density at radius 1 is 1.50 bits per heavy atom. The van der Waals surface area contributed by atoms with Gasteiger partial charge in [-0.1, -0.05) is 17.7 Å². The third-order valence-corrected chi connectivity index (χ3v) is 4.37. The van der Waals surface area contributed by atoms with Crippen molar-refractivity contribution < 1.29 is 4.74 Å². The van der Waals surface area contributed by atoms with E-state index in [0.717, 1.165) is 31.2 Å². The summed E-state index contributed by atoms with van der Waals surface area (Å²) in [5.74, 6) is 0.809. The van der Waals surface area contributed by atoms with Gasteiger partial charge in [0, 0.05) is 31.3 Å². The number of benzene rings is 1. The van der Waals surface area contributed by atoms with Crippen molar-refractivity contribution in [1.82, 2.24) is 4.90 Å². The fourth-order valence-electron chi connectivity index (χ4n) is 2.48. The van der Waals surface area contributed by atoms with E-state index in [2.05, 4.69) is 17.9 Å². The molecule has 1 aromatic rings. The van der Waals surface area contributed by atoms with Crippen LogP contribution in [0.15, 0.2) is 18.2 Å². The van der Waals surface area contributed by atoms with Gasteiger partial charge in [-0.3, -0.25) is 4.90 Å². The predicted molar refractivity (Wildman–Crippen MR) is 80.6 cm³/mol. The van der Waals surface area contributed by atoms with Crippen molar-refractivity contribution in [2.24, 2.45) is 5.92 Å². The quantitative estimate of drug-likeness (QED) is 0.772. The molecular formula is C16H21ClN2O. The van der Waals surface area contributed by atoms with Gasteiger partial charge in [-0.15, -0.1) is 0 Å². The molecule has 3 nitrogen and oxygen atoms in total. The zero-order valence-electron chi connectivity index (χ0n) is 12.1. The van der Waals surface area contributed by atoms with Gasteiger partial charge in [0.05, 0.1) is 18.2 Å². The summed E-state index contributed by atoms with van der Waals surface area (Å²) in [4.78, 5) is 2.43. The minimum atomic E-state index is 0.553. The molecule has 0 N–H and O–H groups in total. The van der Waals surface area contributed by atoms with E-state index in [1.807, 2.05) is 12.1 Å². The third kappa shape index (κ3) is 3.96. The van der Waals surface area contributed by atoms with Crippen LogP contribution in [-0.2, 0) is 11.3 Å². The maximum Gasteiger partial charge on any atom is 0.0992 e. The molecule has 2 rings (SSSR count). The van der Waals surface area contributed by atoms with Crippen molar-refractivity contribution in [2.45, 2.75) is 32.4 Å². The molecule has 0 amide bonds. The Balaban J connectivity index is 2.08. The van der Waals surface area contributed by atoms with Crippen LogP contribution in [0.3, 0.4) is 0 Å². The second-order valence-corrected chi connectivity index (χ2v) is 5.87. The van der Waals surface area contributed by atoms with Crippen molar-refractivity contribution >= 4 is 11.6 Å². The van der Waals surface area contributed by atoms with Gasteiger partial charge in [0.2, 0.25) is 0 Å². The lowest BCUT2D eigenvalue weighted by molar-refractivity contribution is 0.111. The Morgan fingerprint density at radius 3 is 2.80 bits per heavy atom. The van der Waals surface area contributed by atoms with Crippen LogP contribution in [0.1, 0.15) is 30.9 Å². The number of nitrogens with zero attached hydrogens (tertiary/aromatic N) is 2. The van der Waals surface area contributed by atoms with Crippen LogP contribution in [0.2, 0.25) is 5.02 Å². The summed E-state index contributed by atoms with van der Waals surface area (Å²) in [6, 6.07) is 8.20. The van der Waals surface area contributed by atoms with Gasteiger partial charge in [0.25, 0.3) is 0 Å². The molecule has 0 heterocycles. The first-order chi connectivity index (χ1) is 9.65. The number of rotatable bonds is 7. The molecule has 0 aliphatic heterocycles. The molecule has 1 aromatic carbocycles. The Morgan fingerprint density at radius 2 is 2.25 bits per heavy atom. The number of hydrogen-bond donors (Lipinski definition) is 0. The fraction of sp³-hybridized carbons (Fsp3) is 0.562. The Kier molecular flexibility index (Phi) is 5.42. The average molecular weight is 293 g/mol. The van der Waals surface area contributed by atoms with Gasteiger partial charge >= 0.3 is 0 Å². The van der Waals surface area contributed by atoms with Gasteiger partial charge < -0.3 is 4.74 Å². The van der Waals surface area contributed by atoms with Crippen LogP contribution in [0.25, 0.3) is 0 Å². The van der Waals surface area contributed by atoms with E-state index in [0.29, 0.717) is 16.6 Å². The molecule has 1 aliphatic carbocycles. The monoisotopic (exact) mass is 292 g/mol. The molecule has 1 fully saturated rings. The molecule has 108 valence electrons. The van der Waals surface area contributed by atoms with Crippen LogP contribution in [0.5, 0.6) is 0 Å². The summed E-state index contributed by atoms with van der Waals surface area (Å²) in [6.07, 6.45) is 2.65. The Hall–Kier alpha value is -1.08. The summed E-state index contributed by atoms with van der Waals surface area (Å²) in [5.41, 5.74) is 1.69. The minimum Gasteiger partial charge on any atom is -0.383 e. The van der Waals surface area contributed by atoms with Crippen molar-refractivity contribution in [3.63, 3.8) is 0 Å². The van der Waals surface area contributed by atoms with E-state index in [-0.39, 0.29) is 0 Å². The number of hydrogen-bond acceptors (Lipinski definition) is 3. The van der Waals surface area contributed by atoms with Gasteiger partial charge in [-0.25, -0.2) is 0 Å². The topological polar surface area (TPSA) is 36.3 Å². The highest BCUT2D eigenvalue weighted by molar-refractivity contribution is 6.31. The van der Waals surface area contributed by atoms with E-state index in [1.54, 1.807) is 13.2 Å². The predicted octanol–water partition coefficient (Wildman–Crippen LogP) is 3.46. The molecule has 0 spiro atoms. The lowest BCUT2D eigenvalue weighted by Gasteiger charge is -2.29. The number of halogens is 1. The molecule has 1 atom stereocenters. The summed E-state index contributed by atoms with van der Waals surface area (Å²) >= 11 is 6.28. The van der Waals surface area contributed by atoms with Crippen molar-refractivity contribution in [2.75, 3.05) is 20.3 Å². The summed E-state index contributed by atoms with van der Waals surface area (Å²) in [5, 5.41) is 9.56. The Labute approximate surface area is 126 Å². The molecule has 4 heteroatoms. The molecule has 20 heavy (non-hydrogen) atoms. The highest BCUT2D eigenvalue weighted by Crippen LogP contribution is 2.36. The van der Waals surface area contributed by atoms with Gasteiger partial charge in [0.1, 0.15) is 0 Å². The summed E-state index contributed by atoms with van der Waals surface area (Å²) in [6.45, 7) is 4.73. The van der Waals surface area contributed by atoms with Gasteiger partial charge in [-0.05, 0) is 43.4 Å². The Bertz CT molecular complexity index is 494. The van der Waals surface area contributed by atoms with Crippen LogP contribution >= 0.6 is 11.6 Å². The molecule has 0 bridgehead atoms. The van der Waals surface area contributed by atoms with Crippen molar-refractivity contribution in [3.8, 4) is 6.07 Å². The first-order valence-electron chi connectivity index (χ1n) is 7.07. The standard InChI is InChI=1S/C16H21ClN2O/c1-12(14-5-6-14)19(7-8-20-2)11-15-4-3-13(10-18)9-16(15)17/h3-4,9,12,14H,5-8,11H2,1-2H3. The normalized spacial score (nSPS) is 16.1. The van der Waals surface area contributed by atoms with E-state index in [9.17, 15) is 0 Å². The van der Waals surface area contributed by atoms with Gasteiger partial charge in [0.15, 0.2) is 0 Å². The van der Waals surface area contributed by atoms with E-state index in [4.69, 9.17) is 21.6 Å². The van der Waals surface area contributed by atoms with Crippen LogP contribution in [0.4, 0.5) is 0 Å². The fourth-order valence-corrected chi connectivity index (χ4v) is 2.72. The van der Waals surface area contributed by atoms with Crippen molar-refractivity contribution in [1.29, 1.82) is 5.26 Å². The van der Waals surface area contributed by atoms with Crippen LogP contribution in [0, 0.1) is 17.2 Å². The van der Waals surface area contributed by atoms with Crippen molar-refractivity contribution in [3.05, 3.63) is 34.3 Å². The highest BCUT2D eigenvalue weighted by Gasteiger charge is 2.31. The summed E-state index contributed by atoms with van der Waals surface area (Å²) in [7, 11) is 1.73. The second-order valence-electron chi connectivity index (χ2n) is 5.46. The molecule has 1 aliphatic rings. The van der Waals surface area contributed by atoms with E-state index >= 15 is 0 Å². The average Bonchev–Trinajstić information content (AvgIpc) is 3.28. The number of nitriles is 1. The van der Waals surface area contributed by atoms with Gasteiger partial charge in [-0.2, -0.15) is 5.26 Å². The first-order valence-corrected chi connectivity index (χ1v) is 7.45. The molecular weight excluding hydrogens is 272 g/mol. The largest absolute Gasteiger partial charge is 0.383 e. The second kappa shape index (κ2) is 7.08. The third-order valence-electron chi connectivity index (χ3n) is 4.02. The SMILES string of the molecule is COCCN(Cc1ccc(C#N)cc1Cl)C(C)C1CC1.